The lowest BCUT2D eigenvalue weighted by molar-refractivity contribution is -0.141. The van der Waals surface area contributed by atoms with Crippen LogP contribution in [0.4, 0.5) is 18.9 Å². The van der Waals surface area contributed by atoms with Gasteiger partial charge in [-0.3, -0.25) is 19.2 Å². The zero-order chi connectivity index (χ0) is 24.0. The number of halogens is 3. The van der Waals surface area contributed by atoms with Crippen molar-refractivity contribution in [3.8, 4) is 0 Å². The standard InChI is InChI=1S/C23H23F3N2O4S/c1-14-9-10-15(13-28-21(29)18-7-2-3-8-19(18)22(28)30)11-20(14)33(31,32)27-17-6-4-5-16(12-17)23(24,25)26/h4-6,9-12,18-19,27H,2-3,7-8,13H2,1H3. The van der Waals surface area contributed by atoms with Gasteiger partial charge < -0.3 is 0 Å². The second-order valence-electron chi connectivity index (χ2n) is 8.54. The van der Waals surface area contributed by atoms with Crippen LogP contribution in [-0.4, -0.2) is 25.1 Å². The molecule has 2 atom stereocenters. The summed E-state index contributed by atoms with van der Waals surface area (Å²) in [5.41, 5.74) is -0.361. The number of nitrogens with zero attached hydrogens (tertiary/aromatic N) is 1. The molecule has 0 aromatic heterocycles. The molecule has 2 unspecified atom stereocenters. The van der Waals surface area contributed by atoms with E-state index in [0.29, 0.717) is 24.0 Å². The molecule has 33 heavy (non-hydrogen) atoms. The molecule has 6 nitrogen and oxygen atoms in total. The monoisotopic (exact) mass is 480 g/mol. The van der Waals surface area contributed by atoms with Gasteiger partial charge in [0.25, 0.3) is 10.0 Å². The summed E-state index contributed by atoms with van der Waals surface area (Å²) in [6.07, 6.45) is -1.44. The molecule has 1 saturated carbocycles. The topological polar surface area (TPSA) is 83.6 Å². The number of aryl methyl sites for hydroxylation is 1. The van der Waals surface area contributed by atoms with Crippen LogP contribution in [0.15, 0.2) is 47.4 Å². The fourth-order valence-electron chi connectivity index (χ4n) is 4.57. The first-order valence-electron chi connectivity index (χ1n) is 10.6. The number of carbonyl (C=O) groups is 2. The Morgan fingerprint density at radius 3 is 2.24 bits per heavy atom. The Bertz CT molecular complexity index is 1190. The molecule has 2 fully saturated rings. The zero-order valence-corrected chi connectivity index (χ0v) is 18.7. The summed E-state index contributed by atoms with van der Waals surface area (Å²) >= 11 is 0. The van der Waals surface area contributed by atoms with Crippen molar-refractivity contribution < 1.29 is 31.2 Å². The van der Waals surface area contributed by atoms with E-state index in [2.05, 4.69) is 4.72 Å². The van der Waals surface area contributed by atoms with Crippen LogP contribution in [0.5, 0.6) is 0 Å². The van der Waals surface area contributed by atoms with Crippen LogP contribution in [0, 0.1) is 18.8 Å². The number of carbonyl (C=O) groups excluding carboxylic acids is 2. The SMILES string of the molecule is Cc1ccc(CN2C(=O)C3CCCCC3C2=O)cc1S(=O)(=O)Nc1cccc(C(F)(F)F)c1. The number of hydrogen-bond donors (Lipinski definition) is 1. The summed E-state index contributed by atoms with van der Waals surface area (Å²) in [5.74, 6) is -1.06. The molecule has 0 radical (unpaired) electrons. The van der Waals surface area contributed by atoms with Crippen LogP contribution in [0.1, 0.15) is 42.4 Å². The molecule has 2 aromatic carbocycles. The number of sulfonamides is 1. The second-order valence-corrected chi connectivity index (χ2v) is 10.2. The van der Waals surface area contributed by atoms with Crippen molar-refractivity contribution in [3.05, 3.63) is 59.2 Å². The molecule has 2 aliphatic rings. The third-order valence-corrected chi connectivity index (χ3v) is 7.78. The van der Waals surface area contributed by atoms with Crippen LogP contribution >= 0.6 is 0 Å². The molecule has 0 spiro atoms. The minimum atomic E-state index is -4.61. The molecular weight excluding hydrogens is 457 g/mol. The Balaban J connectivity index is 1.58. The van der Waals surface area contributed by atoms with Crippen molar-refractivity contribution in [2.45, 2.75) is 50.2 Å². The van der Waals surface area contributed by atoms with Gasteiger partial charge in [-0.05, 0) is 55.2 Å². The molecule has 1 aliphatic carbocycles. The number of hydrogen-bond acceptors (Lipinski definition) is 4. The van der Waals surface area contributed by atoms with Crippen LogP contribution in [0.3, 0.4) is 0 Å². The van der Waals surface area contributed by atoms with Gasteiger partial charge in [0, 0.05) is 5.69 Å². The normalized spacial score (nSPS) is 21.3. The molecule has 4 rings (SSSR count). The van der Waals surface area contributed by atoms with Gasteiger partial charge in [0.15, 0.2) is 0 Å². The van der Waals surface area contributed by atoms with E-state index in [9.17, 15) is 31.2 Å². The predicted molar refractivity (Wildman–Crippen MR) is 114 cm³/mol. The van der Waals surface area contributed by atoms with E-state index in [1.807, 2.05) is 0 Å². The van der Waals surface area contributed by atoms with E-state index < -0.39 is 21.8 Å². The van der Waals surface area contributed by atoms with Crippen molar-refractivity contribution in [1.29, 1.82) is 0 Å². The first-order chi connectivity index (χ1) is 15.5. The average Bonchev–Trinajstić information content (AvgIpc) is 2.99. The number of nitrogens with one attached hydrogen (secondary N) is 1. The average molecular weight is 481 g/mol. The lowest BCUT2D eigenvalue weighted by atomic mass is 9.81. The van der Waals surface area contributed by atoms with Crippen LogP contribution in [0.2, 0.25) is 0 Å². The van der Waals surface area contributed by atoms with Crippen LogP contribution in [-0.2, 0) is 32.3 Å². The highest BCUT2D eigenvalue weighted by atomic mass is 32.2. The molecule has 176 valence electrons. The summed E-state index contributed by atoms with van der Waals surface area (Å²) in [6, 6.07) is 8.47. The third kappa shape index (κ3) is 4.62. The quantitative estimate of drug-likeness (QED) is 0.640. The number of imide groups is 1. The summed E-state index contributed by atoms with van der Waals surface area (Å²) < 4.78 is 67.0. The first-order valence-corrected chi connectivity index (χ1v) is 12.1. The Morgan fingerprint density at radius 1 is 1.00 bits per heavy atom. The molecule has 10 heteroatoms. The molecule has 1 saturated heterocycles. The smallest absolute Gasteiger partial charge is 0.280 e. The minimum absolute atomic E-state index is 0.0446. The van der Waals surface area contributed by atoms with Crippen LogP contribution < -0.4 is 4.72 Å². The highest BCUT2D eigenvalue weighted by molar-refractivity contribution is 7.92. The Morgan fingerprint density at radius 2 is 1.64 bits per heavy atom. The number of alkyl halides is 3. The molecule has 0 bridgehead atoms. The van der Waals surface area contributed by atoms with Crippen molar-refractivity contribution >= 4 is 27.5 Å². The molecule has 1 N–H and O–H groups in total. The first kappa shape index (κ1) is 23.3. The highest BCUT2D eigenvalue weighted by Gasteiger charge is 2.47. The number of amides is 2. The van der Waals surface area contributed by atoms with E-state index >= 15 is 0 Å². The predicted octanol–water partition coefficient (Wildman–Crippen LogP) is 4.49. The van der Waals surface area contributed by atoms with Gasteiger partial charge in [0.2, 0.25) is 11.8 Å². The Hall–Kier alpha value is -2.88. The molecular formula is C23H23F3N2O4S. The van der Waals surface area contributed by atoms with Crippen molar-refractivity contribution in [3.63, 3.8) is 0 Å². The van der Waals surface area contributed by atoms with Gasteiger partial charge in [0.1, 0.15) is 0 Å². The summed E-state index contributed by atoms with van der Waals surface area (Å²) in [6.45, 7) is 1.52. The van der Waals surface area contributed by atoms with E-state index in [4.69, 9.17) is 0 Å². The summed E-state index contributed by atoms with van der Waals surface area (Å²) in [4.78, 5) is 26.5. The molecule has 1 heterocycles. The maximum atomic E-state index is 13.0. The number of likely N-dealkylation sites (tertiary alicyclic amines) is 1. The van der Waals surface area contributed by atoms with Gasteiger partial charge in [-0.15, -0.1) is 0 Å². The van der Waals surface area contributed by atoms with Gasteiger partial charge in [-0.1, -0.05) is 31.0 Å². The lowest BCUT2D eigenvalue weighted by Crippen LogP contribution is -2.30. The third-order valence-electron chi connectivity index (χ3n) is 6.26. The Kier molecular flexibility index (Phi) is 5.98. The van der Waals surface area contributed by atoms with E-state index in [1.54, 1.807) is 19.1 Å². The van der Waals surface area contributed by atoms with Gasteiger partial charge in [-0.25, -0.2) is 8.42 Å². The van der Waals surface area contributed by atoms with Gasteiger partial charge in [-0.2, -0.15) is 13.2 Å². The second kappa shape index (κ2) is 8.48. The maximum absolute atomic E-state index is 13.0. The van der Waals surface area contributed by atoms with Crippen LogP contribution in [0.25, 0.3) is 0 Å². The van der Waals surface area contributed by atoms with Crippen molar-refractivity contribution in [2.75, 3.05) is 4.72 Å². The summed E-state index contributed by atoms with van der Waals surface area (Å²) in [7, 11) is -4.22. The summed E-state index contributed by atoms with van der Waals surface area (Å²) in [5, 5.41) is 0. The fraction of sp³-hybridized carbons (Fsp3) is 0.391. The van der Waals surface area contributed by atoms with E-state index in [1.165, 1.54) is 17.0 Å². The van der Waals surface area contributed by atoms with E-state index in [0.717, 1.165) is 31.0 Å². The van der Waals surface area contributed by atoms with Gasteiger partial charge >= 0.3 is 6.18 Å². The van der Waals surface area contributed by atoms with Gasteiger partial charge in [0.05, 0.1) is 28.8 Å². The molecule has 2 aromatic rings. The number of fused-ring (bicyclic) bond motifs is 1. The number of benzene rings is 2. The zero-order valence-electron chi connectivity index (χ0n) is 17.9. The minimum Gasteiger partial charge on any atom is -0.280 e. The Labute approximate surface area is 189 Å². The molecule has 1 aliphatic heterocycles. The van der Waals surface area contributed by atoms with E-state index in [-0.39, 0.29) is 40.8 Å². The highest BCUT2D eigenvalue weighted by Crippen LogP contribution is 2.39. The van der Waals surface area contributed by atoms with Crippen molar-refractivity contribution in [2.24, 2.45) is 11.8 Å². The number of anilines is 1. The number of rotatable bonds is 5. The largest absolute Gasteiger partial charge is 0.416 e. The lowest BCUT2D eigenvalue weighted by Gasteiger charge is -2.19. The fourth-order valence-corrected chi connectivity index (χ4v) is 5.92. The maximum Gasteiger partial charge on any atom is 0.416 e. The van der Waals surface area contributed by atoms with Crippen molar-refractivity contribution in [1.82, 2.24) is 4.90 Å². The molecule has 2 amide bonds.